The van der Waals surface area contributed by atoms with Crippen molar-refractivity contribution in [3.8, 4) is 11.5 Å². The van der Waals surface area contributed by atoms with E-state index in [9.17, 15) is 14.7 Å². The third-order valence-corrected chi connectivity index (χ3v) is 4.77. The zero-order chi connectivity index (χ0) is 21.6. The van der Waals surface area contributed by atoms with Gasteiger partial charge in [-0.25, -0.2) is 4.79 Å². The molecule has 156 valence electrons. The Bertz CT molecular complexity index is 851. The van der Waals surface area contributed by atoms with E-state index in [2.05, 4.69) is 5.32 Å². The highest BCUT2D eigenvalue weighted by molar-refractivity contribution is 6.31. The van der Waals surface area contributed by atoms with Gasteiger partial charge in [-0.05, 0) is 41.8 Å². The minimum Gasteiger partial charge on any atom is -0.496 e. The van der Waals surface area contributed by atoms with Crippen LogP contribution in [0.2, 0.25) is 5.02 Å². The van der Waals surface area contributed by atoms with Gasteiger partial charge in [0.15, 0.2) is 6.10 Å². The molecule has 0 spiro atoms. The Hall–Kier alpha value is -2.73. The second-order valence-corrected chi connectivity index (χ2v) is 7.58. The molecule has 0 fully saturated rings. The lowest BCUT2D eigenvalue weighted by molar-refractivity contribution is -0.147. The number of rotatable bonds is 9. The summed E-state index contributed by atoms with van der Waals surface area (Å²) in [5.41, 5.74) is 1.37. The number of benzene rings is 2. The zero-order valence-corrected chi connectivity index (χ0v) is 17.7. The monoisotopic (exact) mass is 419 g/mol. The maximum atomic E-state index is 12.5. The van der Waals surface area contributed by atoms with E-state index in [4.69, 9.17) is 21.1 Å². The number of nitrogens with one attached hydrogen (secondary N) is 1. The lowest BCUT2D eigenvalue weighted by Crippen LogP contribution is -2.32. The number of carbonyl (C=O) groups excluding carboxylic acids is 1. The number of carboxylic acid groups (broad SMARTS) is 1. The smallest absolute Gasteiger partial charge is 0.345 e. The quantitative estimate of drug-likeness (QED) is 0.630. The standard InChI is InChI=1S/C22H26ClNO5/c1-13(2)20(22(26)27)29-17-8-5-15(6-9-17)14(3)12-24-21(25)18-11-16(23)7-10-19(18)28-4/h5-11,13-14,20H,12H2,1-4H3,(H,24,25)(H,26,27). The van der Waals surface area contributed by atoms with Gasteiger partial charge in [-0.3, -0.25) is 4.79 Å². The van der Waals surface area contributed by atoms with Gasteiger partial charge in [-0.2, -0.15) is 0 Å². The van der Waals surface area contributed by atoms with Crippen LogP contribution in [0.5, 0.6) is 11.5 Å². The third-order valence-electron chi connectivity index (χ3n) is 4.54. The molecule has 0 saturated heterocycles. The molecule has 7 heteroatoms. The van der Waals surface area contributed by atoms with Crippen molar-refractivity contribution in [2.75, 3.05) is 13.7 Å². The van der Waals surface area contributed by atoms with E-state index in [0.29, 0.717) is 28.6 Å². The molecule has 0 aromatic heterocycles. The van der Waals surface area contributed by atoms with E-state index in [-0.39, 0.29) is 17.7 Å². The summed E-state index contributed by atoms with van der Waals surface area (Å²) in [7, 11) is 1.50. The molecule has 0 bridgehead atoms. The van der Waals surface area contributed by atoms with Gasteiger partial charge in [0.2, 0.25) is 0 Å². The zero-order valence-electron chi connectivity index (χ0n) is 16.9. The van der Waals surface area contributed by atoms with Gasteiger partial charge >= 0.3 is 5.97 Å². The number of amides is 1. The summed E-state index contributed by atoms with van der Waals surface area (Å²) in [6.45, 7) is 6.00. The predicted molar refractivity (Wildman–Crippen MR) is 112 cm³/mol. The van der Waals surface area contributed by atoms with Crippen LogP contribution in [0.1, 0.15) is 42.6 Å². The molecular weight excluding hydrogens is 394 g/mol. The molecule has 2 aromatic rings. The summed E-state index contributed by atoms with van der Waals surface area (Å²) in [6.07, 6.45) is -0.898. The van der Waals surface area contributed by atoms with Crippen molar-refractivity contribution >= 4 is 23.5 Å². The molecule has 0 aliphatic rings. The molecule has 2 unspecified atom stereocenters. The number of carbonyl (C=O) groups is 2. The molecule has 2 atom stereocenters. The lowest BCUT2D eigenvalue weighted by atomic mass is 10.0. The Morgan fingerprint density at radius 3 is 2.31 bits per heavy atom. The highest BCUT2D eigenvalue weighted by Crippen LogP contribution is 2.24. The first-order valence-electron chi connectivity index (χ1n) is 9.34. The van der Waals surface area contributed by atoms with E-state index >= 15 is 0 Å². The number of hydrogen-bond donors (Lipinski definition) is 2. The van der Waals surface area contributed by atoms with Crippen LogP contribution in [-0.2, 0) is 4.79 Å². The molecule has 29 heavy (non-hydrogen) atoms. The largest absolute Gasteiger partial charge is 0.496 e. The molecule has 1 amide bonds. The highest BCUT2D eigenvalue weighted by Gasteiger charge is 2.23. The number of hydrogen-bond acceptors (Lipinski definition) is 4. The first-order chi connectivity index (χ1) is 13.7. The second-order valence-electron chi connectivity index (χ2n) is 7.15. The SMILES string of the molecule is COc1ccc(Cl)cc1C(=O)NCC(C)c1ccc(OC(C(=O)O)C(C)C)cc1. The molecule has 0 aliphatic heterocycles. The van der Waals surface area contributed by atoms with Gasteiger partial charge in [0.25, 0.3) is 5.91 Å². The van der Waals surface area contributed by atoms with Gasteiger partial charge in [0.05, 0.1) is 12.7 Å². The van der Waals surface area contributed by atoms with E-state index in [1.165, 1.54) is 7.11 Å². The first kappa shape index (κ1) is 22.6. The van der Waals surface area contributed by atoms with E-state index in [0.717, 1.165) is 5.56 Å². The molecule has 2 aromatic carbocycles. The summed E-state index contributed by atoms with van der Waals surface area (Å²) in [5, 5.41) is 12.6. The number of methoxy groups -OCH3 is 1. The Kier molecular flexibility index (Phi) is 7.91. The first-order valence-corrected chi connectivity index (χ1v) is 9.71. The van der Waals surface area contributed by atoms with Crippen molar-refractivity contribution < 1.29 is 24.2 Å². The Balaban J connectivity index is 1.99. The molecule has 0 heterocycles. The third kappa shape index (κ3) is 6.12. The van der Waals surface area contributed by atoms with Crippen LogP contribution in [0.4, 0.5) is 0 Å². The lowest BCUT2D eigenvalue weighted by Gasteiger charge is -2.19. The molecule has 0 aliphatic carbocycles. The van der Waals surface area contributed by atoms with Gasteiger partial charge in [-0.15, -0.1) is 0 Å². The minimum atomic E-state index is -0.989. The van der Waals surface area contributed by atoms with Crippen LogP contribution in [0, 0.1) is 5.92 Å². The Labute approximate surface area is 175 Å². The fraction of sp³-hybridized carbons (Fsp3) is 0.364. The van der Waals surface area contributed by atoms with Crippen LogP contribution >= 0.6 is 11.6 Å². The van der Waals surface area contributed by atoms with Crippen molar-refractivity contribution in [1.29, 1.82) is 0 Å². The highest BCUT2D eigenvalue weighted by atomic mass is 35.5. The van der Waals surface area contributed by atoms with Crippen molar-refractivity contribution in [3.05, 3.63) is 58.6 Å². The number of ether oxygens (including phenoxy) is 2. The summed E-state index contributed by atoms with van der Waals surface area (Å²) in [6, 6.07) is 12.1. The Morgan fingerprint density at radius 1 is 1.10 bits per heavy atom. The molecule has 0 saturated carbocycles. The van der Waals surface area contributed by atoms with E-state index in [1.807, 2.05) is 19.1 Å². The fourth-order valence-electron chi connectivity index (χ4n) is 2.81. The van der Waals surface area contributed by atoms with Crippen molar-refractivity contribution in [3.63, 3.8) is 0 Å². The number of halogens is 1. The number of carboxylic acids is 1. The van der Waals surface area contributed by atoms with Crippen LogP contribution < -0.4 is 14.8 Å². The summed E-state index contributed by atoms with van der Waals surface area (Å²) < 4.78 is 10.8. The number of aliphatic carboxylic acids is 1. The van der Waals surface area contributed by atoms with E-state index < -0.39 is 12.1 Å². The van der Waals surface area contributed by atoms with Gasteiger partial charge in [0, 0.05) is 17.5 Å². The van der Waals surface area contributed by atoms with Crippen molar-refractivity contribution in [2.24, 2.45) is 5.92 Å². The average molecular weight is 420 g/mol. The summed E-state index contributed by atoms with van der Waals surface area (Å²) in [5.74, 6) is -0.411. The minimum absolute atomic E-state index is 0.0403. The van der Waals surface area contributed by atoms with Gasteiger partial charge in [0.1, 0.15) is 11.5 Å². The Morgan fingerprint density at radius 2 is 1.76 bits per heavy atom. The van der Waals surface area contributed by atoms with Crippen LogP contribution in [0.25, 0.3) is 0 Å². The van der Waals surface area contributed by atoms with Crippen LogP contribution in [-0.4, -0.2) is 36.7 Å². The summed E-state index contributed by atoms with van der Waals surface area (Å²) in [4.78, 5) is 23.8. The van der Waals surface area contributed by atoms with Crippen LogP contribution in [0.15, 0.2) is 42.5 Å². The van der Waals surface area contributed by atoms with E-state index in [1.54, 1.807) is 44.2 Å². The average Bonchev–Trinajstić information content (AvgIpc) is 2.69. The maximum absolute atomic E-state index is 12.5. The molecule has 2 rings (SSSR count). The van der Waals surface area contributed by atoms with Crippen molar-refractivity contribution in [1.82, 2.24) is 5.32 Å². The maximum Gasteiger partial charge on any atom is 0.345 e. The second kappa shape index (κ2) is 10.2. The van der Waals surface area contributed by atoms with Crippen molar-refractivity contribution in [2.45, 2.75) is 32.8 Å². The molecule has 0 radical (unpaired) electrons. The van der Waals surface area contributed by atoms with Gasteiger partial charge < -0.3 is 19.9 Å². The van der Waals surface area contributed by atoms with Gasteiger partial charge in [-0.1, -0.05) is 44.5 Å². The fourth-order valence-corrected chi connectivity index (χ4v) is 2.98. The molecule has 2 N–H and O–H groups in total. The predicted octanol–water partition coefficient (Wildman–Crippen LogP) is 4.37. The van der Waals surface area contributed by atoms with Crippen LogP contribution in [0.3, 0.4) is 0 Å². The molecule has 6 nitrogen and oxygen atoms in total. The topological polar surface area (TPSA) is 84.9 Å². The normalized spacial score (nSPS) is 12.9. The molecular formula is C22H26ClNO5. The summed E-state index contributed by atoms with van der Waals surface area (Å²) >= 11 is 5.98.